The van der Waals surface area contributed by atoms with E-state index in [0.717, 1.165) is 42.7 Å². The molecule has 0 amide bonds. The topological polar surface area (TPSA) is 61.9 Å². The van der Waals surface area contributed by atoms with E-state index in [1.165, 1.54) is 10.3 Å². The molecule has 1 atom stereocenters. The van der Waals surface area contributed by atoms with Crippen molar-refractivity contribution in [2.24, 2.45) is 0 Å². The number of thiazole rings is 1. The largest absolute Gasteiger partial charge is 0.345 e. The van der Waals surface area contributed by atoms with Crippen LogP contribution < -0.4 is 5.69 Å². The van der Waals surface area contributed by atoms with Gasteiger partial charge in [0.05, 0.1) is 15.7 Å². The number of H-pyrrole nitrogens is 1. The van der Waals surface area contributed by atoms with Gasteiger partial charge in [-0.1, -0.05) is 6.07 Å². The Kier molecular flexibility index (Phi) is 3.71. The van der Waals surface area contributed by atoms with Gasteiger partial charge in [0.15, 0.2) is 0 Å². The predicted octanol–water partition coefficient (Wildman–Crippen LogP) is 2.54. The standard InChI is InChI=1S/C17H18N4OS/c1-11(12-2-3-16-15(8-12)19-10-23-16)21-6-4-13-9-18-17(22)20-14(13)5-7-21/h2-3,8-11H,4-7H2,1H3,(H,18,20,22)/t11-/m1/s1. The molecule has 2 aromatic heterocycles. The fourth-order valence-electron chi connectivity index (χ4n) is 3.26. The summed E-state index contributed by atoms with van der Waals surface area (Å²) in [5, 5.41) is 0. The average molecular weight is 326 g/mol. The lowest BCUT2D eigenvalue weighted by molar-refractivity contribution is 0.221. The van der Waals surface area contributed by atoms with Crippen LogP contribution in [-0.2, 0) is 12.8 Å². The Hall–Kier alpha value is -2.05. The molecule has 6 heteroatoms. The van der Waals surface area contributed by atoms with Gasteiger partial charge in [-0.05, 0) is 36.6 Å². The maximum absolute atomic E-state index is 11.4. The summed E-state index contributed by atoms with van der Waals surface area (Å²) in [7, 11) is 0. The van der Waals surface area contributed by atoms with E-state index in [1.807, 2.05) is 5.51 Å². The van der Waals surface area contributed by atoms with Crippen LogP contribution in [0, 0.1) is 0 Å². The molecule has 4 rings (SSSR count). The normalized spacial score (nSPS) is 16.9. The predicted molar refractivity (Wildman–Crippen MR) is 91.9 cm³/mol. The van der Waals surface area contributed by atoms with Gasteiger partial charge in [-0.25, -0.2) is 14.8 Å². The Labute approximate surface area is 138 Å². The summed E-state index contributed by atoms with van der Waals surface area (Å²) in [5.74, 6) is 0. The van der Waals surface area contributed by atoms with Gasteiger partial charge in [-0.2, -0.15) is 0 Å². The highest BCUT2D eigenvalue weighted by molar-refractivity contribution is 7.16. The Bertz CT molecular complexity index is 901. The molecule has 3 heterocycles. The fourth-order valence-corrected chi connectivity index (χ4v) is 3.92. The number of aromatic amines is 1. The molecule has 0 bridgehead atoms. The summed E-state index contributed by atoms with van der Waals surface area (Å²) in [6.45, 7) is 4.14. The summed E-state index contributed by atoms with van der Waals surface area (Å²) in [6.07, 6.45) is 3.50. The first-order valence-corrected chi connectivity index (χ1v) is 8.73. The molecule has 0 spiro atoms. The van der Waals surface area contributed by atoms with Gasteiger partial charge in [-0.15, -0.1) is 11.3 Å². The van der Waals surface area contributed by atoms with Crippen molar-refractivity contribution >= 4 is 21.6 Å². The van der Waals surface area contributed by atoms with Crippen LogP contribution in [-0.4, -0.2) is 32.9 Å². The van der Waals surface area contributed by atoms with Gasteiger partial charge in [-0.3, -0.25) is 4.90 Å². The van der Waals surface area contributed by atoms with E-state index < -0.39 is 0 Å². The highest BCUT2D eigenvalue weighted by atomic mass is 32.1. The van der Waals surface area contributed by atoms with Gasteiger partial charge >= 0.3 is 5.69 Å². The van der Waals surface area contributed by atoms with Crippen molar-refractivity contribution in [3.8, 4) is 0 Å². The zero-order chi connectivity index (χ0) is 15.8. The van der Waals surface area contributed by atoms with E-state index in [4.69, 9.17) is 0 Å². The van der Waals surface area contributed by atoms with Crippen molar-refractivity contribution in [2.75, 3.05) is 13.1 Å². The SMILES string of the molecule is C[C@H](c1ccc2scnc2c1)N1CCc2cnc(=O)[nH]c2CC1. The third-order valence-electron chi connectivity index (χ3n) is 4.69. The van der Waals surface area contributed by atoms with Crippen LogP contribution in [0.3, 0.4) is 0 Å². The summed E-state index contributed by atoms with van der Waals surface area (Å²) < 4.78 is 1.23. The number of nitrogens with one attached hydrogen (secondary N) is 1. The number of rotatable bonds is 2. The van der Waals surface area contributed by atoms with E-state index >= 15 is 0 Å². The van der Waals surface area contributed by atoms with Crippen molar-refractivity contribution in [1.29, 1.82) is 0 Å². The van der Waals surface area contributed by atoms with Crippen molar-refractivity contribution in [1.82, 2.24) is 19.9 Å². The van der Waals surface area contributed by atoms with Crippen LogP contribution in [0.25, 0.3) is 10.2 Å². The Morgan fingerprint density at radius 3 is 3.04 bits per heavy atom. The van der Waals surface area contributed by atoms with Gasteiger partial charge in [0.1, 0.15) is 0 Å². The molecule has 5 nitrogen and oxygen atoms in total. The van der Waals surface area contributed by atoms with Crippen molar-refractivity contribution in [3.05, 3.63) is 57.2 Å². The molecule has 1 aromatic carbocycles. The molecule has 1 aliphatic rings. The lowest BCUT2D eigenvalue weighted by atomic mass is 10.1. The molecule has 3 aromatic rings. The van der Waals surface area contributed by atoms with Crippen LogP contribution >= 0.6 is 11.3 Å². The van der Waals surface area contributed by atoms with Crippen molar-refractivity contribution in [2.45, 2.75) is 25.8 Å². The summed E-state index contributed by atoms with van der Waals surface area (Å²) >= 11 is 1.67. The molecular formula is C17H18N4OS. The van der Waals surface area contributed by atoms with Crippen LogP contribution in [0.4, 0.5) is 0 Å². The first-order valence-electron chi connectivity index (χ1n) is 7.85. The quantitative estimate of drug-likeness (QED) is 0.786. The van der Waals surface area contributed by atoms with Crippen molar-refractivity contribution < 1.29 is 0 Å². The average Bonchev–Trinajstić information content (AvgIpc) is 2.93. The summed E-state index contributed by atoms with van der Waals surface area (Å²) in [4.78, 5) is 25.0. The zero-order valence-corrected chi connectivity index (χ0v) is 13.8. The minimum absolute atomic E-state index is 0.251. The molecule has 0 radical (unpaired) electrons. The highest BCUT2D eigenvalue weighted by Crippen LogP contribution is 2.27. The number of benzene rings is 1. The maximum atomic E-state index is 11.4. The number of hydrogen-bond donors (Lipinski definition) is 1. The second-order valence-corrected chi connectivity index (χ2v) is 6.87. The number of hydrogen-bond acceptors (Lipinski definition) is 5. The molecule has 1 N–H and O–H groups in total. The number of fused-ring (bicyclic) bond motifs is 2. The lowest BCUT2D eigenvalue weighted by Gasteiger charge is -2.27. The second-order valence-electron chi connectivity index (χ2n) is 5.98. The third-order valence-corrected chi connectivity index (χ3v) is 5.50. The van der Waals surface area contributed by atoms with E-state index in [1.54, 1.807) is 17.5 Å². The van der Waals surface area contributed by atoms with Gasteiger partial charge in [0, 0.05) is 37.4 Å². The highest BCUT2D eigenvalue weighted by Gasteiger charge is 2.20. The van der Waals surface area contributed by atoms with Gasteiger partial charge < -0.3 is 4.98 Å². The van der Waals surface area contributed by atoms with Gasteiger partial charge in [0.25, 0.3) is 0 Å². The molecule has 1 aliphatic heterocycles. The zero-order valence-electron chi connectivity index (χ0n) is 13.0. The molecule has 0 aliphatic carbocycles. The van der Waals surface area contributed by atoms with Gasteiger partial charge in [0.2, 0.25) is 0 Å². The first kappa shape index (κ1) is 14.5. The van der Waals surface area contributed by atoms with Crippen LogP contribution in [0.1, 0.15) is 29.8 Å². The summed E-state index contributed by atoms with van der Waals surface area (Å²) in [6, 6.07) is 6.88. The minimum Gasteiger partial charge on any atom is -0.309 e. The molecule has 0 unspecified atom stereocenters. The maximum Gasteiger partial charge on any atom is 0.345 e. The molecule has 118 valence electrons. The third kappa shape index (κ3) is 2.80. The minimum atomic E-state index is -0.251. The molecular weight excluding hydrogens is 308 g/mol. The van der Waals surface area contributed by atoms with Crippen LogP contribution in [0.15, 0.2) is 34.7 Å². The first-order chi connectivity index (χ1) is 11.2. The monoisotopic (exact) mass is 326 g/mol. The molecule has 0 saturated heterocycles. The number of nitrogens with zero attached hydrogens (tertiary/aromatic N) is 3. The van der Waals surface area contributed by atoms with Crippen LogP contribution in [0.2, 0.25) is 0 Å². The van der Waals surface area contributed by atoms with E-state index in [-0.39, 0.29) is 5.69 Å². The molecule has 0 saturated carbocycles. The molecule has 23 heavy (non-hydrogen) atoms. The van der Waals surface area contributed by atoms with Crippen LogP contribution in [0.5, 0.6) is 0 Å². The Morgan fingerprint density at radius 2 is 2.13 bits per heavy atom. The lowest BCUT2D eigenvalue weighted by Crippen LogP contribution is -2.29. The Balaban J connectivity index is 1.57. The van der Waals surface area contributed by atoms with E-state index in [9.17, 15) is 4.79 Å². The molecule has 0 fully saturated rings. The van der Waals surface area contributed by atoms with Crippen molar-refractivity contribution in [3.63, 3.8) is 0 Å². The second kappa shape index (κ2) is 5.86. The van der Waals surface area contributed by atoms with E-state index in [2.05, 4.69) is 45.0 Å². The number of aromatic nitrogens is 3. The Morgan fingerprint density at radius 1 is 1.26 bits per heavy atom. The fraction of sp³-hybridized carbons (Fsp3) is 0.353. The summed E-state index contributed by atoms with van der Waals surface area (Å²) in [5.41, 5.74) is 6.21. The smallest absolute Gasteiger partial charge is 0.309 e. The van der Waals surface area contributed by atoms with E-state index in [0.29, 0.717) is 6.04 Å².